The minimum Gasteiger partial charge on any atom is -0.493 e. The monoisotopic (exact) mass is 343 g/mol. The number of ether oxygens (including phenoxy) is 1. The summed E-state index contributed by atoms with van der Waals surface area (Å²) in [6, 6.07) is 11.2. The van der Waals surface area contributed by atoms with E-state index in [-0.39, 0.29) is 5.91 Å². The Bertz CT molecular complexity index is 869. The molecular formula is C18H18ClN3O2. The van der Waals surface area contributed by atoms with E-state index in [1.165, 1.54) is 6.92 Å². The Morgan fingerprint density at radius 2 is 2.12 bits per heavy atom. The van der Waals surface area contributed by atoms with Crippen LogP contribution in [0.3, 0.4) is 0 Å². The highest BCUT2D eigenvalue weighted by molar-refractivity contribution is 6.31. The molecular weight excluding hydrogens is 326 g/mol. The number of nitrogen functional groups attached to an aromatic ring is 1. The number of benzene rings is 2. The molecule has 0 saturated heterocycles. The number of hydrogen-bond donors (Lipinski definition) is 3. The van der Waals surface area contributed by atoms with Crippen LogP contribution in [0, 0.1) is 0 Å². The molecule has 0 aliphatic carbocycles. The highest BCUT2D eigenvalue weighted by Gasteiger charge is 2.06. The Hall–Kier alpha value is -2.66. The maximum Gasteiger partial charge on any atom is 0.221 e. The standard InChI is InChI=1S/C18H18ClN3O2/c1-11(23)22-18-10-21-17-3-2-12(6-16(17)18)4-5-24-15-8-13(19)7-14(20)9-15/h2-3,6-10,21H,4-5,20H2,1H3,(H,22,23). The van der Waals surface area contributed by atoms with Crippen LogP contribution in [-0.2, 0) is 11.2 Å². The van der Waals surface area contributed by atoms with E-state index in [0.717, 1.165) is 28.6 Å². The molecule has 3 aromatic rings. The van der Waals surface area contributed by atoms with E-state index < -0.39 is 0 Å². The number of carbonyl (C=O) groups is 1. The van der Waals surface area contributed by atoms with E-state index >= 15 is 0 Å². The van der Waals surface area contributed by atoms with Crippen molar-refractivity contribution < 1.29 is 9.53 Å². The lowest BCUT2D eigenvalue weighted by Gasteiger charge is -2.08. The van der Waals surface area contributed by atoms with Gasteiger partial charge >= 0.3 is 0 Å². The predicted molar refractivity (Wildman–Crippen MR) is 97.7 cm³/mol. The van der Waals surface area contributed by atoms with E-state index in [4.69, 9.17) is 22.1 Å². The molecule has 0 aliphatic rings. The molecule has 24 heavy (non-hydrogen) atoms. The summed E-state index contributed by atoms with van der Waals surface area (Å²) in [5.74, 6) is 0.560. The van der Waals surface area contributed by atoms with Gasteiger partial charge in [0.15, 0.2) is 0 Å². The van der Waals surface area contributed by atoms with Crippen molar-refractivity contribution in [1.29, 1.82) is 0 Å². The number of rotatable bonds is 5. The first kappa shape index (κ1) is 16.2. The van der Waals surface area contributed by atoms with Gasteiger partial charge in [0.05, 0.1) is 12.3 Å². The van der Waals surface area contributed by atoms with Gasteiger partial charge in [0.1, 0.15) is 5.75 Å². The van der Waals surface area contributed by atoms with Crippen LogP contribution in [0.5, 0.6) is 5.75 Å². The van der Waals surface area contributed by atoms with Gasteiger partial charge in [-0.05, 0) is 29.8 Å². The Labute approximate surface area is 144 Å². The number of fused-ring (bicyclic) bond motifs is 1. The second-order valence-electron chi connectivity index (χ2n) is 5.58. The third-order valence-corrected chi connectivity index (χ3v) is 3.83. The molecule has 5 nitrogen and oxygen atoms in total. The number of anilines is 2. The molecule has 0 aliphatic heterocycles. The third-order valence-electron chi connectivity index (χ3n) is 3.61. The van der Waals surface area contributed by atoms with Gasteiger partial charge in [0, 0.05) is 47.2 Å². The zero-order valence-electron chi connectivity index (χ0n) is 13.2. The van der Waals surface area contributed by atoms with Gasteiger partial charge in [0.2, 0.25) is 5.91 Å². The van der Waals surface area contributed by atoms with Crippen molar-refractivity contribution in [2.24, 2.45) is 0 Å². The van der Waals surface area contributed by atoms with Gasteiger partial charge in [0.25, 0.3) is 0 Å². The molecule has 124 valence electrons. The van der Waals surface area contributed by atoms with E-state index in [9.17, 15) is 4.79 Å². The van der Waals surface area contributed by atoms with Gasteiger partial charge in [-0.2, -0.15) is 0 Å². The molecule has 0 saturated carbocycles. The third kappa shape index (κ3) is 3.81. The average molecular weight is 344 g/mol. The highest BCUT2D eigenvalue weighted by Crippen LogP contribution is 2.25. The summed E-state index contributed by atoms with van der Waals surface area (Å²) in [6.45, 7) is 2.00. The number of hydrogen-bond acceptors (Lipinski definition) is 3. The molecule has 4 N–H and O–H groups in total. The minimum atomic E-state index is -0.0943. The smallest absolute Gasteiger partial charge is 0.221 e. The Morgan fingerprint density at radius 1 is 1.29 bits per heavy atom. The number of aromatic nitrogens is 1. The Balaban J connectivity index is 1.69. The lowest BCUT2D eigenvalue weighted by molar-refractivity contribution is -0.114. The minimum absolute atomic E-state index is 0.0943. The van der Waals surface area contributed by atoms with Crippen molar-refractivity contribution in [3.63, 3.8) is 0 Å². The second kappa shape index (κ2) is 6.84. The van der Waals surface area contributed by atoms with Crippen LogP contribution in [0.4, 0.5) is 11.4 Å². The van der Waals surface area contributed by atoms with Crippen molar-refractivity contribution in [3.05, 3.63) is 53.2 Å². The summed E-state index contributed by atoms with van der Waals surface area (Å²) in [6.07, 6.45) is 2.52. The zero-order valence-corrected chi connectivity index (χ0v) is 14.0. The number of carbonyl (C=O) groups excluding carboxylic acids is 1. The molecule has 0 spiro atoms. The van der Waals surface area contributed by atoms with Crippen LogP contribution in [0.25, 0.3) is 10.9 Å². The van der Waals surface area contributed by atoms with Gasteiger partial charge in [-0.3, -0.25) is 4.79 Å². The summed E-state index contributed by atoms with van der Waals surface area (Å²) >= 11 is 5.96. The molecule has 0 atom stereocenters. The summed E-state index contributed by atoms with van der Waals surface area (Å²) in [5, 5.41) is 4.35. The number of amides is 1. The normalized spacial score (nSPS) is 10.8. The first-order valence-corrected chi connectivity index (χ1v) is 7.95. The predicted octanol–water partition coefficient (Wildman–Crippen LogP) is 3.98. The lowest BCUT2D eigenvalue weighted by atomic mass is 10.1. The van der Waals surface area contributed by atoms with Gasteiger partial charge in [-0.15, -0.1) is 0 Å². The van der Waals surface area contributed by atoms with Gasteiger partial charge in [-0.25, -0.2) is 0 Å². The summed E-state index contributed by atoms with van der Waals surface area (Å²) in [4.78, 5) is 14.4. The maximum absolute atomic E-state index is 11.3. The molecule has 0 fully saturated rings. The van der Waals surface area contributed by atoms with Gasteiger partial charge in [-0.1, -0.05) is 17.7 Å². The highest BCUT2D eigenvalue weighted by atomic mass is 35.5. The number of nitrogens with one attached hydrogen (secondary N) is 2. The number of halogens is 1. The van der Waals surface area contributed by atoms with Crippen LogP contribution in [0.1, 0.15) is 12.5 Å². The average Bonchev–Trinajstić information content (AvgIpc) is 2.88. The van der Waals surface area contributed by atoms with E-state index in [1.54, 1.807) is 24.4 Å². The van der Waals surface area contributed by atoms with Crippen molar-refractivity contribution in [2.45, 2.75) is 13.3 Å². The zero-order chi connectivity index (χ0) is 17.1. The first-order chi connectivity index (χ1) is 11.5. The molecule has 3 rings (SSSR count). The fourth-order valence-corrected chi connectivity index (χ4v) is 2.80. The Morgan fingerprint density at radius 3 is 2.88 bits per heavy atom. The summed E-state index contributed by atoms with van der Waals surface area (Å²) in [7, 11) is 0. The van der Waals surface area contributed by atoms with Crippen LogP contribution < -0.4 is 15.8 Å². The summed E-state index contributed by atoms with van der Waals surface area (Å²) < 4.78 is 5.72. The van der Waals surface area contributed by atoms with E-state index in [0.29, 0.717) is 23.1 Å². The molecule has 1 amide bonds. The molecule has 0 radical (unpaired) electrons. The van der Waals surface area contributed by atoms with E-state index in [1.807, 2.05) is 18.2 Å². The van der Waals surface area contributed by atoms with Gasteiger partial charge < -0.3 is 20.8 Å². The van der Waals surface area contributed by atoms with Crippen molar-refractivity contribution in [2.75, 3.05) is 17.7 Å². The molecule has 1 aromatic heterocycles. The SMILES string of the molecule is CC(=O)Nc1c[nH]c2ccc(CCOc3cc(N)cc(Cl)c3)cc12. The molecule has 0 unspecified atom stereocenters. The van der Waals surface area contributed by atoms with Crippen LogP contribution in [0.2, 0.25) is 5.02 Å². The number of nitrogens with two attached hydrogens (primary N) is 1. The summed E-state index contributed by atoms with van der Waals surface area (Å²) in [5.41, 5.74) is 9.19. The lowest BCUT2D eigenvalue weighted by Crippen LogP contribution is -2.05. The molecule has 0 bridgehead atoms. The van der Waals surface area contributed by atoms with Crippen molar-refractivity contribution >= 4 is 39.8 Å². The van der Waals surface area contributed by atoms with E-state index in [2.05, 4.69) is 10.3 Å². The number of H-pyrrole nitrogens is 1. The number of aromatic amines is 1. The van der Waals surface area contributed by atoms with Crippen LogP contribution in [-0.4, -0.2) is 17.5 Å². The molecule has 2 aromatic carbocycles. The van der Waals surface area contributed by atoms with Crippen LogP contribution >= 0.6 is 11.6 Å². The first-order valence-electron chi connectivity index (χ1n) is 7.58. The van der Waals surface area contributed by atoms with Crippen LogP contribution in [0.15, 0.2) is 42.6 Å². The Kier molecular flexibility index (Phi) is 4.62. The quantitative estimate of drug-likeness (QED) is 0.613. The second-order valence-corrected chi connectivity index (χ2v) is 6.02. The topological polar surface area (TPSA) is 80.1 Å². The molecule has 1 heterocycles. The maximum atomic E-state index is 11.3. The largest absolute Gasteiger partial charge is 0.493 e. The van der Waals surface area contributed by atoms with Crippen molar-refractivity contribution in [1.82, 2.24) is 4.98 Å². The fraction of sp³-hybridized carbons (Fsp3) is 0.167. The van der Waals surface area contributed by atoms with Crippen molar-refractivity contribution in [3.8, 4) is 5.75 Å². The fourth-order valence-electron chi connectivity index (χ4n) is 2.57. The molecule has 6 heteroatoms.